The third-order valence-electron chi connectivity index (χ3n) is 4.46. The first kappa shape index (κ1) is 19.5. The summed E-state index contributed by atoms with van der Waals surface area (Å²) in [6, 6.07) is 15.3. The van der Waals surface area contributed by atoms with Crippen LogP contribution in [0.1, 0.15) is 29.4 Å². The van der Waals surface area contributed by atoms with Gasteiger partial charge < -0.3 is 15.4 Å². The Morgan fingerprint density at radius 3 is 2.50 bits per heavy atom. The zero-order chi connectivity index (χ0) is 20.1. The molecule has 3 aromatic rings. The molecule has 0 aliphatic carbocycles. The SMILES string of the molecule is CCOc1ccc(NC(=O)Nc2c(C)nn(Cc3cccc(C)c3)c2C)cc1. The number of amides is 2. The van der Waals surface area contributed by atoms with Crippen molar-refractivity contribution < 1.29 is 9.53 Å². The summed E-state index contributed by atoms with van der Waals surface area (Å²) in [7, 11) is 0. The fraction of sp³-hybridized carbons (Fsp3) is 0.273. The first-order valence-electron chi connectivity index (χ1n) is 9.36. The summed E-state index contributed by atoms with van der Waals surface area (Å²) in [4.78, 5) is 12.4. The van der Waals surface area contributed by atoms with Gasteiger partial charge in [0.25, 0.3) is 0 Å². The lowest BCUT2D eigenvalue weighted by Gasteiger charge is -2.10. The topological polar surface area (TPSA) is 68.2 Å². The van der Waals surface area contributed by atoms with Gasteiger partial charge in [-0.1, -0.05) is 29.8 Å². The van der Waals surface area contributed by atoms with Gasteiger partial charge in [-0.25, -0.2) is 4.79 Å². The molecule has 28 heavy (non-hydrogen) atoms. The number of benzene rings is 2. The summed E-state index contributed by atoms with van der Waals surface area (Å²) in [6.45, 7) is 9.13. The van der Waals surface area contributed by atoms with Crippen molar-refractivity contribution in [2.75, 3.05) is 17.2 Å². The monoisotopic (exact) mass is 378 g/mol. The molecule has 2 aromatic carbocycles. The van der Waals surface area contributed by atoms with Gasteiger partial charge in [0.2, 0.25) is 0 Å². The largest absolute Gasteiger partial charge is 0.494 e. The lowest BCUT2D eigenvalue weighted by Crippen LogP contribution is -2.20. The predicted octanol–water partition coefficient (Wildman–Crippen LogP) is 4.90. The van der Waals surface area contributed by atoms with Crippen molar-refractivity contribution in [1.82, 2.24) is 9.78 Å². The maximum Gasteiger partial charge on any atom is 0.323 e. The molecule has 146 valence electrons. The van der Waals surface area contributed by atoms with E-state index in [4.69, 9.17) is 4.74 Å². The molecule has 0 radical (unpaired) electrons. The molecule has 0 fully saturated rings. The van der Waals surface area contributed by atoms with E-state index in [2.05, 4.69) is 40.9 Å². The number of anilines is 2. The van der Waals surface area contributed by atoms with E-state index in [0.717, 1.165) is 22.8 Å². The third-order valence-corrected chi connectivity index (χ3v) is 4.46. The van der Waals surface area contributed by atoms with Crippen molar-refractivity contribution in [3.63, 3.8) is 0 Å². The first-order valence-corrected chi connectivity index (χ1v) is 9.36. The summed E-state index contributed by atoms with van der Waals surface area (Å²) in [5.74, 6) is 0.776. The molecule has 6 heteroatoms. The average Bonchev–Trinajstić information content (AvgIpc) is 2.91. The van der Waals surface area contributed by atoms with Crippen LogP contribution in [0.4, 0.5) is 16.2 Å². The quantitative estimate of drug-likeness (QED) is 0.641. The number of aromatic nitrogens is 2. The van der Waals surface area contributed by atoms with Gasteiger partial charge in [0.15, 0.2) is 0 Å². The molecule has 0 aliphatic rings. The van der Waals surface area contributed by atoms with Crippen molar-refractivity contribution in [1.29, 1.82) is 0 Å². The Kier molecular flexibility index (Phi) is 5.99. The minimum absolute atomic E-state index is 0.300. The number of carbonyl (C=O) groups excluding carboxylic acids is 1. The molecule has 0 saturated carbocycles. The van der Waals surface area contributed by atoms with Gasteiger partial charge in [-0.15, -0.1) is 0 Å². The van der Waals surface area contributed by atoms with Crippen LogP contribution in [0.2, 0.25) is 0 Å². The molecule has 1 aromatic heterocycles. The van der Waals surface area contributed by atoms with Crippen LogP contribution in [-0.2, 0) is 6.54 Å². The van der Waals surface area contributed by atoms with E-state index in [1.54, 1.807) is 0 Å². The standard InChI is InChI=1S/C22H26N4O2/c1-5-28-20-11-9-19(10-12-20)23-22(27)24-21-16(3)25-26(17(21)4)14-18-8-6-7-15(2)13-18/h6-13H,5,14H2,1-4H3,(H2,23,24,27). The van der Waals surface area contributed by atoms with Gasteiger partial charge in [0.1, 0.15) is 5.75 Å². The predicted molar refractivity (Wildman–Crippen MR) is 112 cm³/mol. The van der Waals surface area contributed by atoms with Gasteiger partial charge >= 0.3 is 6.03 Å². The second-order valence-corrected chi connectivity index (χ2v) is 6.73. The van der Waals surface area contributed by atoms with Gasteiger partial charge in [-0.3, -0.25) is 4.68 Å². The second kappa shape index (κ2) is 8.61. The maximum absolute atomic E-state index is 12.4. The fourth-order valence-electron chi connectivity index (χ4n) is 3.09. The molecule has 0 saturated heterocycles. The van der Waals surface area contributed by atoms with Crippen LogP contribution in [0.15, 0.2) is 48.5 Å². The van der Waals surface area contributed by atoms with E-state index in [9.17, 15) is 4.79 Å². The molecule has 1 heterocycles. The Labute approximate surface area is 165 Å². The van der Waals surface area contributed by atoms with E-state index in [1.807, 2.05) is 55.8 Å². The molecule has 0 unspecified atom stereocenters. The minimum Gasteiger partial charge on any atom is -0.494 e. The number of rotatable bonds is 6. The molecule has 0 bridgehead atoms. The Bertz CT molecular complexity index is 961. The number of hydrogen-bond donors (Lipinski definition) is 2. The van der Waals surface area contributed by atoms with Crippen molar-refractivity contribution in [2.45, 2.75) is 34.2 Å². The van der Waals surface area contributed by atoms with Crippen molar-refractivity contribution in [2.24, 2.45) is 0 Å². The number of carbonyl (C=O) groups is 1. The van der Waals surface area contributed by atoms with E-state index >= 15 is 0 Å². The molecular formula is C22H26N4O2. The van der Waals surface area contributed by atoms with Crippen LogP contribution < -0.4 is 15.4 Å². The minimum atomic E-state index is -0.300. The molecule has 0 aliphatic heterocycles. The first-order chi connectivity index (χ1) is 13.5. The summed E-state index contributed by atoms with van der Waals surface area (Å²) >= 11 is 0. The van der Waals surface area contributed by atoms with Gasteiger partial charge in [-0.2, -0.15) is 5.10 Å². The van der Waals surface area contributed by atoms with Crippen LogP contribution >= 0.6 is 0 Å². The lowest BCUT2D eigenvalue weighted by molar-refractivity contribution is 0.262. The zero-order valence-electron chi connectivity index (χ0n) is 16.7. The smallest absolute Gasteiger partial charge is 0.323 e. The van der Waals surface area contributed by atoms with Crippen LogP contribution in [-0.4, -0.2) is 22.4 Å². The molecule has 3 rings (SSSR count). The van der Waals surface area contributed by atoms with Crippen LogP contribution in [0.5, 0.6) is 5.75 Å². The van der Waals surface area contributed by atoms with Gasteiger partial charge in [0, 0.05) is 5.69 Å². The highest BCUT2D eigenvalue weighted by Gasteiger charge is 2.14. The van der Waals surface area contributed by atoms with Crippen LogP contribution in [0.25, 0.3) is 0 Å². The highest BCUT2D eigenvalue weighted by atomic mass is 16.5. The molecule has 0 spiro atoms. The molecule has 0 atom stereocenters. The summed E-state index contributed by atoms with van der Waals surface area (Å²) in [5, 5.41) is 10.3. The number of ether oxygens (including phenoxy) is 1. The Balaban J connectivity index is 1.68. The van der Waals surface area contributed by atoms with E-state index in [-0.39, 0.29) is 6.03 Å². The highest BCUT2D eigenvalue weighted by Crippen LogP contribution is 2.22. The second-order valence-electron chi connectivity index (χ2n) is 6.73. The Morgan fingerprint density at radius 1 is 1.07 bits per heavy atom. The summed E-state index contributed by atoms with van der Waals surface area (Å²) < 4.78 is 7.33. The molecular weight excluding hydrogens is 352 g/mol. The summed E-state index contributed by atoms with van der Waals surface area (Å²) in [5.41, 5.74) is 5.52. The van der Waals surface area contributed by atoms with Crippen molar-refractivity contribution in [3.05, 3.63) is 71.0 Å². The zero-order valence-corrected chi connectivity index (χ0v) is 16.7. The Hall–Kier alpha value is -3.28. The summed E-state index contributed by atoms with van der Waals surface area (Å²) in [6.07, 6.45) is 0. The number of nitrogens with zero attached hydrogens (tertiary/aromatic N) is 2. The number of hydrogen-bond acceptors (Lipinski definition) is 3. The molecule has 6 nitrogen and oxygen atoms in total. The van der Waals surface area contributed by atoms with Gasteiger partial charge in [-0.05, 0) is 57.5 Å². The highest BCUT2D eigenvalue weighted by molar-refractivity contribution is 6.00. The van der Waals surface area contributed by atoms with Crippen molar-refractivity contribution >= 4 is 17.4 Å². The van der Waals surface area contributed by atoms with Crippen LogP contribution in [0.3, 0.4) is 0 Å². The molecule has 2 N–H and O–H groups in total. The number of nitrogens with one attached hydrogen (secondary N) is 2. The molecule has 2 amide bonds. The van der Waals surface area contributed by atoms with Crippen molar-refractivity contribution in [3.8, 4) is 5.75 Å². The van der Waals surface area contributed by atoms with E-state index in [1.165, 1.54) is 11.1 Å². The van der Waals surface area contributed by atoms with E-state index in [0.29, 0.717) is 18.8 Å². The Morgan fingerprint density at radius 2 is 1.82 bits per heavy atom. The number of aryl methyl sites for hydroxylation is 2. The third kappa shape index (κ3) is 4.71. The van der Waals surface area contributed by atoms with Crippen LogP contribution in [0, 0.1) is 20.8 Å². The average molecular weight is 378 g/mol. The number of urea groups is 1. The van der Waals surface area contributed by atoms with Gasteiger partial charge in [0.05, 0.1) is 30.2 Å². The normalized spacial score (nSPS) is 10.6. The lowest BCUT2D eigenvalue weighted by atomic mass is 10.1. The fourth-order valence-corrected chi connectivity index (χ4v) is 3.09. The van der Waals surface area contributed by atoms with E-state index < -0.39 is 0 Å². The maximum atomic E-state index is 12.4.